The Labute approximate surface area is 121 Å². The standard InChI is InChI=1S/C10H15BrN2O4S2/c1-10(2,3)19(16,17)13-7-4-5-9(8(11)6-7)18(12,14)15/h4-6,13H,1-3H3,(H2,12,14,15). The number of hydrogen-bond donors (Lipinski definition) is 2. The summed E-state index contributed by atoms with van der Waals surface area (Å²) in [5, 5.41) is 5.01. The van der Waals surface area contributed by atoms with Gasteiger partial charge in [-0.05, 0) is 54.9 Å². The molecule has 0 fully saturated rings. The van der Waals surface area contributed by atoms with Crippen LogP contribution in [0.2, 0.25) is 0 Å². The van der Waals surface area contributed by atoms with Crippen molar-refractivity contribution >= 4 is 41.7 Å². The number of hydrogen-bond acceptors (Lipinski definition) is 4. The van der Waals surface area contributed by atoms with Gasteiger partial charge in [-0.15, -0.1) is 0 Å². The molecule has 0 atom stereocenters. The van der Waals surface area contributed by atoms with Gasteiger partial charge in [0.25, 0.3) is 0 Å². The van der Waals surface area contributed by atoms with Crippen LogP contribution in [0.25, 0.3) is 0 Å². The zero-order chi connectivity index (χ0) is 15.1. The summed E-state index contributed by atoms with van der Waals surface area (Å²) in [6.07, 6.45) is 0. The van der Waals surface area contributed by atoms with Crippen LogP contribution in [0.3, 0.4) is 0 Å². The zero-order valence-corrected chi connectivity index (χ0v) is 13.9. The molecule has 0 heterocycles. The van der Waals surface area contributed by atoms with E-state index in [9.17, 15) is 16.8 Å². The fourth-order valence-electron chi connectivity index (χ4n) is 1.10. The Morgan fingerprint density at radius 1 is 1.16 bits per heavy atom. The van der Waals surface area contributed by atoms with Gasteiger partial charge in [0, 0.05) is 10.2 Å². The molecule has 0 saturated heterocycles. The van der Waals surface area contributed by atoms with E-state index in [1.54, 1.807) is 20.8 Å². The van der Waals surface area contributed by atoms with Gasteiger partial charge in [-0.1, -0.05) is 0 Å². The molecule has 0 saturated carbocycles. The quantitative estimate of drug-likeness (QED) is 0.842. The van der Waals surface area contributed by atoms with Gasteiger partial charge in [0.2, 0.25) is 20.0 Å². The number of sulfonamides is 2. The summed E-state index contributed by atoms with van der Waals surface area (Å²) >= 11 is 3.05. The lowest BCUT2D eigenvalue weighted by Gasteiger charge is -2.20. The van der Waals surface area contributed by atoms with Crippen LogP contribution in [-0.2, 0) is 20.0 Å². The second kappa shape index (κ2) is 5.04. The van der Waals surface area contributed by atoms with Gasteiger partial charge in [-0.25, -0.2) is 22.0 Å². The Morgan fingerprint density at radius 2 is 1.68 bits per heavy atom. The molecule has 19 heavy (non-hydrogen) atoms. The van der Waals surface area contributed by atoms with E-state index in [1.165, 1.54) is 18.2 Å². The van der Waals surface area contributed by atoms with E-state index in [2.05, 4.69) is 20.7 Å². The summed E-state index contributed by atoms with van der Waals surface area (Å²) in [7, 11) is -7.41. The highest BCUT2D eigenvalue weighted by Crippen LogP contribution is 2.26. The Balaban J connectivity index is 3.19. The summed E-state index contributed by atoms with van der Waals surface area (Å²) in [5.41, 5.74) is 0.259. The van der Waals surface area contributed by atoms with E-state index in [1.807, 2.05) is 0 Å². The Bertz CT molecular complexity index is 691. The van der Waals surface area contributed by atoms with E-state index in [4.69, 9.17) is 5.14 Å². The number of rotatable bonds is 3. The van der Waals surface area contributed by atoms with E-state index < -0.39 is 24.8 Å². The molecule has 0 aliphatic rings. The molecule has 1 aromatic rings. The lowest BCUT2D eigenvalue weighted by atomic mass is 10.3. The van der Waals surface area contributed by atoms with Crippen LogP contribution in [0.4, 0.5) is 5.69 Å². The molecule has 9 heteroatoms. The van der Waals surface area contributed by atoms with Crippen molar-refractivity contribution in [1.29, 1.82) is 0 Å². The molecule has 6 nitrogen and oxygen atoms in total. The van der Waals surface area contributed by atoms with E-state index in [-0.39, 0.29) is 15.1 Å². The van der Waals surface area contributed by atoms with E-state index in [0.29, 0.717) is 0 Å². The summed E-state index contributed by atoms with van der Waals surface area (Å²) in [4.78, 5) is -0.105. The van der Waals surface area contributed by atoms with Crippen molar-refractivity contribution in [3.05, 3.63) is 22.7 Å². The van der Waals surface area contributed by atoms with Crippen molar-refractivity contribution in [3.8, 4) is 0 Å². The predicted molar refractivity (Wildman–Crippen MR) is 77.8 cm³/mol. The maximum Gasteiger partial charge on any atom is 0.239 e. The third-order valence-electron chi connectivity index (χ3n) is 2.30. The molecule has 3 N–H and O–H groups in total. The number of nitrogens with two attached hydrogens (primary N) is 1. The van der Waals surface area contributed by atoms with Crippen molar-refractivity contribution in [1.82, 2.24) is 0 Å². The van der Waals surface area contributed by atoms with Crippen molar-refractivity contribution in [3.63, 3.8) is 0 Å². The first-order valence-electron chi connectivity index (χ1n) is 5.19. The third kappa shape index (κ3) is 3.91. The maximum absolute atomic E-state index is 11.9. The van der Waals surface area contributed by atoms with Gasteiger partial charge < -0.3 is 0 Å². The number of anilines is 1. The molecule has 0 unspecified atom stereocenters. The summed E-state index contributed by atoms with van der Waals surface area (Å²) in [6, 6.07) is 3.93. The average molecular weight is 371 g/mol. The molecular formula is C10H15BrN2O4S2. The normalized spacial score (nSPS) is 13.3. The van der Waals surface area contributed by atoms with Crippen LogP contribution < -0.4 is 9.86 Å². The van der Waals surface area contributed by atoms with E-state index >= 15 is 0 Å². The summed E-state index contributed by atoms with van der Waals surface area (Å²) < 4.78 is 47.9. The fourth-order valence-corrected chi connectivity index (χ4v) is 3.49. The SMILES string of the molecule is CC(C)(C)S(=O)(=O)Nc1ccc(S(N)(=O)=O)c(Br)c1. The minimum absolute atomic E-state index is 0.105. The van der Waals surface area contributed by atoms with Crippen LogP contribution in [0, 0.1) is 0 Å². The molecule has 1 rings (SSSR count). The first-order valence-corrected chi connectivity index (χ1v) is 9.01. The Hall–Kier alpha value is -0.640. The topological polar surface area (TPSA) is 106 Å². The molecule has 0 radical (unpaired) electrons. The van der Waals surface area contributed by atoms with Crippen LogP contribution >= 0.6 is 15.9 Å². The first kappa shape index (κ1) is 16.4. The Kier molecular flexibility index (Phi) is 4.35. The molecule has 1 aromatic carbocycles. The summed E-state index contributed by atoms with van der Waals surface area (Å²) in [5.74, 6) is 0. The second-order valence-corrected chi connectivity index (χ2v) is 9.73. The lowest BCUT2D eigenvalue weighted by Crippen LogP contribution is -2.33. The van der Waals surface area contributed by atoms with Crippen LogP contribution in [0.5, 0.6) is 0 Å². The zero-order valence-electron chi connectivity index (χ0n) is 10.6. The minimum atomic E-state index is -3.85. The summed E-state index contributed by atoms with van der Waals surface area (Å²) in [6.45, 7) is 4.68. The maximum atomic E-state index is 11.9. The van der Waals surface area contributed by atoms with Gasteiger partial charge in [-0.2, -0.15) is 0 Å². The van der Waals surface area contributed by atoms with Crippen LogP contribution in [-0.4, -0.2) is 21.6 Å². The van der Waals surface area contributed by atoms with E-state index in [0.717, 1.165) is 0 Å². The van der Waals surface area contributed by atoms with Crippen molar-refractivity contribution in [2.45, 2.75) is 30.4 Å². The van der Waals surface area contributed by atoms with Gasteiger partial charge >= 0.3 is 0 Å². The molecule has 0 amide bonds. The molecule has 0 spiro atoms. The molecule has 0 bridgehead atoms. The van der Waals surface area contributed by atoms with Gasteiger partial charge in [0.1, 0.15) is 0 Å². The van der Waals surface area contributed by atoms with Crippen molar-refractivity contribution in [2.75, 3.05) is 4.72 Å². The van der Waals surface area contributed by atoms with Crippen molar-refractivity contribution in [2.24, 2.45) is 5.14 Å². The number of primary sulfonamides is 1. The van der Waals surface area contributed by atoms with Crippen molar-refractivity contribution < 1.29 is 16.8 Å². The average Bonchev–Trinajstić information content (AvgIpc) is 2.12. The highest BCUT2D eigenvalue weighted by Gasteiger charge is 2.29. The third-order valence-corrected chi connectivity index (χ3v) is 6.30. The first-order chi connectivity index (χ1) is 8.34. The van der Waals surface area contributed by atoms with Gasteiger partial charge in [0.15, 0.2) is 0 Å². The predicted octanol–water partition coefficient (Wildman–Crippen LogP) is 1.64. The number of benzene rings is 1. The molecule has 108 valence electrons. The largest absolute Gasteiger partial charge is 0.283 e. The molecule has 0 aliphatic heterocycles. The highest BCUT2D eigenvalue weighted by atomic mass is 79.9. The van der Waals surface area contributed by atoms with Crippen LogP contribution in [0.1, 0.15) is 20.8 Å². The van der Waals surface area contributed by atoms with Gasteiger partial charge in [-0.3, -0.25) is 4.72 Å². The fraction of sp³-hybridized carbons (Fsp3) is 0.400. The molecule has 0 aliphatic carbocycles. The number of halogens is 1. The highest BCUT2D eigenvalue weighted by molar-refractivity contribution is 9.10. The lowest BCUT2D eigenvalue weighted by molar-refractivity contribution is 0.566. The Morgan fingerprint density at radius 3 is 2.05 bits per heavy atom. The smallest absolute Gasteiger partial charge is 0.239 e. The molecular weight excluding hydrogens is 356 g/mol. The van der Waals surface area contributed by atoms with Crippen LogP contribution in [0.15, 0.2) is 27.6 Å². The monoisotopic (exact) mass is 370 g/mol. The number of nitrogens with one attached hydrogen (secondary N) is 1. The minimum Gasteiger partial charge on any atom is -0.283 e. The second-order valence-electron chi connectivity index (χ2n) is 4.91. The molecule has 0 aromatic heterocycles. The van der Waals surface area contributed by atoms with Gasteiger partial charge in [0.05, 0.1) is 9.64 Å².